The average molecular weight is 501 g/mol. The Labute approximate surface area is 212 Å². The summed E-state index contributed by atoms with van der Waals surface area (Å²) in [6, 6.07) is 29.7. The zero-order valence-electron chi connectivity index (χ0n) is 19.2. The minimum Gasteiger partial charge on any atom is -0.370 e. The van der Waals surface area contributed by atoms with Crippen LogP contribution in [0.25, 0.3) is 9.75 Å². The lowest BCUT2D eigenvalue weighted by molar-refractivity contribution is -0.933. The van der Waals surface area contributed by atoms with Crippen molar-refractivity contribution in [1.29, 1.82) is 0 Å². The van der Waals surface area contributed by atoms with Crippen molar-refractivity contribution >= 4 is 22.7 Å². The number of thiophene rings is 2. The second-order valence-electron chi connectivity index (χ2n) is 8.59. The van der Waals surface area contributed by atoms with E-state index in [1.165, 1.54) is 19.5 Å². The SMILES string of the molecule is c1ccc(C(c2ccccc2)n2nnnc2[C@@H](c2ccc(-c3cccs3)s2)[NH+]2CCOCC2)cc1. The minimum atomic E-state index is -0.109. The molecule has 8 heteroatoms. The van der Waals surface area contributed by atoms with Crippen molar-refractivity contribution in [3.05, 3.63) is 112 Å². The second kappa shape index (κ2) is 10.2. The molecule has 6 nitrogen and oxygen atoms in total. The molecule has 1 atom stereocenters. The number of quaternary nitrogens is 1. The van der Waals surface area contributed by atoms with Crippen LogP contribution in [0.4, 0.5) is 0 Å². The molecule has 3 aromatic heterocycles. The summed E-state index contributed by atoms with van der Waals surface area (Å²) >= 11 is 3.62. The summed E-state index contributed by atoms with van der Waals surface area (Å²) in [5, 5.41) is 15.6. The van der Waals surface area contributed by atoms with Gasteiger partial charge in [0.2, 0.25) is 5.82 Å². The topological polar surface area (TPSA) is 57.3 Å². The first-order valence-electron chi connectivity index (χ1n) is 11.8. The number of tetrazole rings is 1. The van der Waals surface area contributed by atoms with Gasteiger partial charge in [-0.2, -0.15) is 0 Å². The molecule has 6 rings (SSSR count). The summed E-state index contributed by atoms with van der Waals surface area (Å²) in [6.07, 6.45) is 0. The summed E-state index contributed by atoms with van der Waals surface area (Å²) < 4.78 is 7.74. The van der Waals surface area contributed by atoms with Crippen LogP contribution in [-0.4, -0.2) is 46.5 Å². The molecule has 5 aromatic rings. The van der Waals surface area contributed by atoms with Crippen molar-refractivity contribution in [3.63, 3.8) is 0 Å². The fourth-order valence-electron chi connectivity index (χ4n) is 4.81. The van der Waals surface area contributed by atoms with Crippen molar-refractivity contribution in [2.45, 2.75) is 12.1 Å². The van der Waals surface area contributed by atoms with Crippen LogP contribution in [0.3, 0.4) is 0 Å². The summed E-state index contributed by atoms with van der Waals surface area (Å²) in [4.78, 5) is 5.30. The van der Waals surface area contributed by atoms with Crippen molar-refractivity contribution in [2.24, 2.45) is 0 Å². The Kier molecular flexibility index (Phi) is 6.51. The number of nitrogens with one attached hydrogen (secondary N) is 1. The zero-order chi connectivity index (χ0) is 23.5. The van der Waals surface area contributed by atoms with Crippen LogP contribution in [0.1, 0.15) is 33.9 Å². The van der Waals surface area contributed by atoms with E-state index in [-0.39, 0.29) is 12.1 Å². The molecule has 1 saturated heterocycles. The van der Waals surface area contributed by atoms with Crippen LogP contribution in [-0.2, 0) is 4.74 Å². The lowest BCUT2D eigenvalue weighted by atomic mass is 9.98. The molecule has 1 fully saturated rings. The van der Waals surface area contributed by atoms with Crippen LogP contribution >= 0.6 is 22.7 Å². The van der Waals surface area contributed by atoms with Gasteiger partial charge in [0.1, 0.15) is 19.1 Å². The Morgan fingerprint density at radius 1 is 0.800 bits per heavy atom. The van der Waals surface area contributed by atoms with E-state index in [4.69, 9.17) is 4.74 Å². The molecule has 0 spiro atoms. The highest BCUT2D eigenvalue weighted by molar-refractivity contribution is 7.21. The monoisotopic (exact) mass is 500 g/mol. The van der Waals surface area contributed by atoms with E-state index in [0.29, 0.717) is 0 Å². The second-order valence-corrected chi connectivity index (χ2v) is 10.7. The quantitative estimate of drug-likeness (QED) is 0.366. The summed E-state index contributed by atoms with van der Waals surface area (Å²) in [6.45, 7) is 3.34. The lowest BCUT2D eigenvalue weighted by Gasteiger charge is -2.31. The highest BCUT2D eigenvalue weighted by Crippen LogP contribution is 2.36. The van der Waals surface area contributed by atoms with Crippen molar-refractivity contribution in [2.75, 3.05) is 26.3 Å². The molecule has 1 aliphatic heterocycles. The van der Waals surface area contributed by atoms with Gasteiger partial charge < -0.3 is 9.64 Å². The van der Waals surface area contributed by atoms with Gasteiger partial charge in [-0.15, -0.1) is 27.8 Å². The summed E-state index contributed by atoms with van der Waals surface area (Å²) in [7, 11) is 0. The van der Waals surface area contributed by atoms with Crippen molar-refractivity contribution in [3.8, 4) is 9.75 Å². The van der Waals surface area contributed by atoms with E-state index >= 15 is 0 Å². The predicted octanol–water partition coefficient (Wildman–Crippen LogP) is 4.11. The van der Waals surface area contributed by atoms with Crippen LogP contribution in [0.15, 0.2) is 90.3 Å². The van der Waals surface area contributed by atoms with Gasteiger partial charge in [0, 0.05) is 9.75 Å². The molecule has 0 unspecified atom stereocenters. The van der Waals surface area contributed by atoms with E-state index < -0.39 is 0 Å². The maximum absolute atomic E-state index is 5.71. The van der Waals surface area contributed by atoms with Gasteiger partial charge in [0.15, 0.2) is 6.04 Å². The highest BCUT2D eigenvalue weighted by atomic mass is 32.1. The minimum absolute atomic E-state index is 0.0301. The van der Waals surface area contributed by atoms with E-state index in [2.05, 4.69) is 93.7 Å². The molecule has 35 heavy (non-hydrogen) atoms. The van der Waals surface area contributed by atoms with Gasteiger partial charge in [0.05, 0.1) is 18.1 Å². The van der Waals surface area contributed by atoms with Gasteiger partial charge >= 0.3 is 0 Å². The van der Waals surface area contributed by atoms with E-state index in [1.54, 1.807) is 11.3 Å². The van der Waals surface area contributed by atoms with Crippen LogP contribution < -0.4 is 4.90 Å². The van der Waals surface area contributed by atoms with Gasteiger partial charge in [-0.25, -0.2) is 4.68 Å². The lowest BCUT2D eigenvalue weighted by Crippen LogP contribution is -3.14. The Morgan fingerprint density at radius 2 is 1.51 bits per heavy atom. The fourth-order valence-corrected chi connectivity index (χ4v) is 6.81. The average Bonchev–Trinajstić information content (AvgIpc) is 3.70. The molecule has 0 saturated carbocycles. The zero-order valence-corrected chi connectivity index (χ0v) is 20.8. The Bertz CT molecular complexity index is 1310. The Hall–Kier alpha value is -3.17. The van der Waals surface area contributed by atoms with E-state index in [9.17, 15) is 0 Å². The predicted molar refractivity (Wildman–Crippen MR) is 139 cm³/mol. The molecular weight excluding hydrogens is 474 g/mol. The molecule has 2 aromatic carbocycles. The normalized spacial score (nSPS) is 15.5. The Balaban J connectivity index is 1.47. The third kappa shape index (κ3) is 4.58. The van der Waals surface area contributed by atoms with E-state index in [0.717, 1.165) is 43.3 Å². The third-order valence-corrected chi connectivity index (χ3v) is 8.69. The standard InChI is InChI=1S/C27H25N5OS2/c1-3-8-20(9-4-1)25(21-10-5-2-6-11-21)32-27(28-29-30-32)26(31-15-17-33-18-16-31)24-14-13-23(35-24)22-12-7-19-34-22/h1-14,19,25-26H,15-18H2/p+1/t26-/m1/s1. The first-order valence-corrected chi connectivity index (χ1v) is 13.5. The molecule has 4 heterocycles. The first kappa shape index (κ1) is 22.3. The number of benzene rings is 2. The van der Waals surface area contributed by atoms with E-state index in [1.807, 2.05) is 28.2 Å². The third-order valence-electron chi connectivity index (χ3n) is 6.47. The van der Waals surface area contributed by atoms with Gasteiger partial charge in [-0.3, -0.25) is 0 Å². The molecule has 0 aliphatic carbocycles. The first-order chi connectivity index (χ1) is 17.4. The number of nitrogens with zero attached hydrogens (tertiary/aromatic N) is 4. The number of morpholine rings is 1. The molecular formula is C27H26N5OS2+. The van der Waals surface area contributed by atoms with Gasteiger partial charge in [-0.1, -0.05) is 66.7 Å². The molecule has 176 valence electrons. The molecule has 0 amide bonds. The van der Waals surface area contributed by atoms with Gasteiger partial charge in [-0.05, 0) is 45.1 Å². The van der Waals surface area contributed by atoms with Crippen molar-refractivity contribution in [1.82, 2.24) is 20.2 Å². The maximum atomic E-state index is 5.71. The molecule has 0 radical (unpaired) electrons. The number of hydrogen-bond donors (Lipinski definition) is 1. The van der Waals surface area contributed by atoms with Crippen LogP contribution in [0, 0.1) is 0 Å². The van der Waals surface area contributed by atoms with Crippen LogP contribution in [0.5, 0.6) is 0 Å². The maximum Gasteiger partial charge on any atom is 0.216 e. The summed E-state index contributed by atoms with van der Waals surface area (Å²) in [5.74, 6) is 0.888. The van der Waals surface area contributed by atoms with Crippen LogP contribution in [0.2, 0.25) is 0 Å². The number of aromatic nitrogens is 4. The Morgan fingerprint density at radius 3 is 2.17 bits per heavy atom. The number of rotatable bonds is 7. The van der Waals surface area contributed by atoms with Gasteiger partial charge in [0.25, 0.3) is 0 Å². The van der Waals surface area contributed by atoms with Crippen molar-refractivity contribution < 1.29 is 9.64 Å². The smallest absolute Gasteiger partial charge is 0.216 e. The molecule has 1 aliphatic rings. The fraction of sp³-hybridized carbons (Fsp3) is 0.222. The number of hydrogen-bond acceptors (Lipinski definition) is 6. The molecule has 1 N–H and O–H groups in total. The highest BCUT2D eigenvalue weighted by Gasteiger charge is 2.36. The largest absolute Gasteiger partial charge is 0.370 e. The molecule has 0 bridgehead atoms. The summed E-state index contributed by atoms with van der Waals surface area (Å²) in [5.41, 5.74) is 2.32. The number of ether oxygens (including phenoxy) is 1.